The van der Waals surface area contributed by atoms with Crippen molar-refractivity contribution in [2.45, 2.75) is 51.9 Å². The van der Waals surface area contributed by atoms with Crippen LogP contribution in [0.2, 0.25) is 5.02 Å². The van der Waals surface area contributed by atoms with Gasteiger partial charge in [-0.1, -0.05) is 55.4 Å². The Kier molecular flexibility index (Phi) is 9.56. The summed E-state index contributed by atoms with van der Waals surface area (Å²) in [5.41, 5.74) is 2.80. The van der Waals surface area contributed by atoms with E-state index in [1.807, 2.05) is 54.8 Å². The van der Waals surface area contributed by atoms with Gasteiger partial charge in [-0.25, -0.2) is 0 Å². The molecule has 8 nitrogen and oxygen atoms in total. The zero-order chi connectivity index (χ0) is 25.4. The monoisotopic (exact) mass is 515 g/mol. The van der Waals surface area contributed by atoms with Crippen LogP contribution < -0.4 is 15.4 Å². The Bertz CT molecular complexity index is 1160. The van der Waals surface area contributed by atoms with Crippen LogP contribution in [0.5, 0.6) is 5.75 Å². The van der Waals surface area contributed by atoms with Gasteiger partial charge in [-0.15, -0.1) is 10.2 Å². The van der Waals surface area contributed by atoms with Gasteiger partial charge < -0.3 is 19.9 Å². The fourth-order valence-electron chi connectivity index (χ4n) is 3.20. The number of hydrogen-bond acceptors (Lipinski definition) is 6. The van der Waals surface area contributed by atoms with Crippen molar-refractivity contribution in [3.05, 3.63) is 64.4 Å². The van der Waals surface area contributed by atoms with Gasteiger partial charge in [0, 0.05) is 17.3 Å². The van der Waals surface area contributed by atoms with Crippen molar-refractivity contribution in [2.75, 3.05) is 17.7 Å². The van der Waals surface area contributed by atoms with E-state index in [2.05, 4.69) is 34.7 Å². The highest BCUT2D eigenvalue weighted by molar-refractivity contribution is 7.99. The molecule has 35 heavy (non-hydrogen) atoms. The Balaban J connectivity index is 1.47. The number of aryl methyl sites for hydroxylation is 1. The van der Waals surface area contributed by atoms with Gasteiger partial charge in [0.1, 0.15) is 5.75 Å². The van der Waals surface area contributed by atoms with Crippen LogP contribution >= 0.6 is 23.4 Å². The predicted molar refractivity (Wildman–Crippen MR) is 139 cm³/mol. The number of aromatic nitrogens is 3. The number of amides is 2. The number of anilines is 1. The van der Waals surface area contributed by atoms with Gasteiger partial charge in [0.15, 0.2) is 17.6 Å². The summed E-state index contributed by atoms with van der Waals surface area (Å²) in [4.78, 5) is 24.6. The van der Waals surface area contributed by atoms with Gasteiger partial charge in [0.2, 0.25) is 5.91 Å². The van der Waals surface area contributed by atoms with Gasteiger partial charge in [-0.05, 0) is 55.2 Å². The lowest BCUT2D eigenvalue weighted by atomic mass is 10.0. The molecule has 3 rings (SSSR count). The average Bonchev–Trinajstić information content (AvgIpc) is 3.24. The number of thioether (sulfide) groups is 1. The van der Waals surface area contributed by atoms with E-state index in [9.17, 15) is 9.59 Å². The van der Waals surface area contributed by atoms with E-state index in [1.54, 1.807) is 6.07 Å². The predicted octanol–water partition coefficient (Wildman–Crippen LogP) is 4.81. The van der Waals surface area contributed by atoms with Gasteiger partial charge >= 0.3 is 0 Å². The van der Waals surface area contributed by atoms with Crippen LogP contribution in [0.15, 0.2) is 47.6 Å². The first kappa shape index (κ1) is 26.6. The van der Waals surface area contributed by atoms with Gasteiger partial charge in [-0.2, -0.15) is 0 Å². The van der Waals surface area contributed by atoms with E-state index in [1.165, 1.54) is 17.3 Å². The number of halogens is 1. The van der Waals surface area contributed by atoms with Gasteiger partial charge in [0.05, 0.1) is 12.3 Å². The van der Waals surface area contributed by atoms with Crippen LogP contribution in [0.1, 0.15) is 43.6 Å². The standard InChI is InChI=1S/C25H30ClN5O3S/c1-5-31-22(13-27-23(32)14-34-20-10-7-18(8-11-20)16(2)3)29-30-25(31)35-15-24(33)28-19-9-6-17(4)21(26)12-19/h6-12,16H,5,13-15H2,1-4H3,(H,27,32)(H,28,33). The number of carbonyl (C=O) groups is 2. The normalized spacial score (nSPS) is 10.9. The van der Waals surface area contributed by atoms with Crippen LogP contribution in [0.25, 0.3) is 0 Å². The molecule has 0 saturated heterocycles. The zero-order valence-corrected chi connectivity index (χ0v) is 21.9. The molecule has 0 radical (unpaired) electrons. The van der Waals surface area contributed by atoms with Gasteiger partial charge in [0.25, 0.3) is 5.91 Å². The average molecular weight is 516 g/mol. The summed E-state index contributed by atoms with van der Waals surface area (Å²) in [6.07, 6.45) is 0. The minimum absolute atomic E-state index is 0.0912. The molecule has 0 fully saturated rings. The minimum atomic E-state index is -0.256. The van der Waals surface area contributed by atoms with Gasteiger partial charge in [-0.3, -0.25) is 9.59 Å². The molecule has 0 atom stereocenters. The highest BCUT2D eigenvalue weighted by Crippen LogP contribution is 2.22. The molecular formula is C25H30ClN5O3S. The minimum Gasteiger partial charge on any atom is -0.484 e. The number of nitrogens with zero attached hydrogens (tertiary/aromatic N) is 3. The summed E-state index contributed by atoms with van der Waals surface area (Å²) in [7, 11) is 0. The molecular weight excluding hydrogens is 486 g/mol. The van der Waals surface area contributed by atoms with Crippen molar-refractivity contribution in [1.29, 1.82) is 0 Å². The topological polar surface area (TPSA) is 98.1 Å². The number of carbonyl (C=O) groups excluding carboxylic acids is 2. The highest BCUT2D eigenvalue weighted by atomic mass is 35.5. The summed E-state index contributed by atoms with van der Waals surface area (Å²) < 4.78 is 7.44. The number of hydrogen-bond donors (Lipinski definition) is 2. The van der Waals surface area contributed by atoms with Crippen molar-refractivity contribution in [3.63, 3.8) is 0 Å². The highest BCUT2D eigenvalue weighted by Gasteiger charge is 2.14. The third-order valence-corrected chi connectivity index (χ3v) is 6.63. The maximum atomic E-state index is 12.3. The molecule has 0 aliphatic rings. The Morgan fingerprint density at radius 2 is 1.86 bits per heavy atom. The van der Waals surface area contributed by atoms with Crippen molar-refractivity contribution >= 4 is 40.9 Å². The van der Waals surface area contributed by atoms with Crippen molar-refractivity contribution in [2.24, 2.45) is 0 Å². The Hall–Kier alpha value is -3.04. The summed E-state index contributed by atoms with van der Waals surface area (Å²) in [6.45, 7) is 8.83. The van der Waals surface area contributed by atoms with Crippen LogP contribution in [0.3, 0.4) is 0 Å². The lowest BCUT2D eigenvalue weighted by Crippen LogP contribution is -2.29. The number of ether oxygens (including phenoxy) is 1. The molecule has 3 aromatic rings. The molecule has 0 bridgehead atoms. The molecule has 0 unspecified atom stereocenters. The summed E-state index contributed by atoms with van der Waals surface area (Å²) in [5.74, 6) is 1.43. The molecule has 1 aromatic heterocycles. The molecule has 0 aliphatic carbocycles. The number of benzene rings is 2. The quantitative estimate of drug-likeness (QED) is 0.356. The second-order valence-corrected chi connectivity index (χ2v) is 9.58. The van der Waals surface area contributed by atoms with E-state index < -0.39 is 0 Å². The fraction of sp³-hybridized carbons (Fsp3) is 0.360. The first-order chi connectivity index (χ1) is 16.8. The third kappa shape index (κ3) is 7.73. The smallest absolute Gasteiger partial charge is 0.258 e. The summed E-state index contributed by atoms with van der Waals surface area (Å²) >= 11 is 7.39. The van der Waals surface area contributed by atoms with Crippen molar-refractivity contribution < 1.29 is 14.3 Å². The maximum Gasteiger partial charge on any atom is 0.258 e. The fourth-order valence-corrected chi connectivity index (χ4v) is 4.20. The molecule has 2 N–H and O–H groups in total. The Morgan fingerprint density at radius 3 is 2.51 bits per heavy atom. The van der Waals surface area contributed by atoms with E-state index in [0.29, 0.717) is 39.9 Å². The van der Waals surface area contributed by atoms with E-state index in [4.69, 9.17) is 16.3 Å². The van der Waals surface area contributed by atoms with Crippen LogP contribution in [0.4, 0.5) is 5.69 Å². The molecule has 1 heterocycles. The van der Waals surface area contributed by atoms with Crippen LogP contribution in [-0.2, 0) is 22.7 Å². The lowest BCUT2D eigenvalue weighted by Gasteiger charge is -2.10. The molecule has 186 valence electrons. The van der Waals surface area contributed by atoms with Crippen molar-refractivity contribution in [3.8, 4) is 5.75 Å². The third-order valence-electron chi connectivity index (χ3n) is 5.26. The van der Waals surface area contributed by atoms with E-state index in [-0.39, 0.29) is 30.7 Å². The second kappa shape index (κ2) is 12.6. The number of nitrogens with one attached hydrogen (secondary N) is 2. The molecule has 10 heteroatoms. The Morgan fingerprint density at radius 1 is 1.11 bits per heavy atom. The lowest BCUT2D eigenvalue weighted by molar-refractivity contribution is -0.123. The largest absolute Gasteiger partial charge is 0.484 e. The van der Waals surface area contributed by atoms with Crippen LogP contribution in [-0.4, -0.2) is 38.9 Å². The molecule has 0 spiro atoms. The molecule has 0 aliphatic heterocycles. The summed E-state index contributed by atoms with van der Waals surface area (Å²) in [6, 6.07) is 13.1. The van der Waals surface area contributed by atoms with Crippen molar-refractivity contribution in [1.82, 2.24) is 20.1 Å². The zero-order valence-electron chi connectivity index (χ0n) is 20.3. The molecule has 0 saturated carbocycles. The van der Waals surface area contributed by atoms with Crippen LogP contribution in [0, 0.1) is 6.92 Å². The summed E-state index contributed by atoms with van der Waals surface area (Å²) in [5, 5.41) is 15.2. The van der Waals surface area contributed by atoms with E-state index in [0.717, 1.165) is 5.56 Å². The first-order valence-electron chi connectivity index (χ1n) is 11.4. The molecule has 2 aromatic carbocycles. The molecule has 2 amide bonds. The SMILES string of the molecule is CCn1c(CNC(=O)COc2ccc(C(C)C)cc2)nnc1SCC(=O)Nc1ccc(C)c(Cl)c1. The number of rotatable bonds is 11. The second-order valence-electron chi connectivity index (χ2n) is 8.23. The van der Waals surface area contributed by atoms with E-state index >= 15 is 0 Å². The maximum absolute atomic E-state index is 12.3. The Labute approximate surface area is 214 Å². The first-order valence-corrected chi connectivity index (χ1v) is 12.7.